The average Bonchev–Trinajstić information content (AvgIpc) is 2.73. The Morgan fingerprint density at radius 1 is 1.37 bits per heavy atom. The van der Waals surface area contributed by atoms with Crippen molar-refractivity contribution in [2.24, 2.45) is 13.0 Å². The SMILES string of the molecule is Cn1nc(NC(=O)N2CCC(Cc3cccc(C#N)c3Cl)CC2)ccc1=O.O=CO. The summed E-state index contributed by atoms with van der Waals surface area (Å²) in [7, 11) is 1.54. The van der Waals surface area contributed by atoms with E-state index in [0.717, 1.165) is 24.8 Å². The molecule has 1 aromatic carbocycles. The number of likely N-dealkylation sites (tertiary alicyclic amines) is 1. The van der Waals surface area contributed by atoms with Gasteiger partial charge in [0.25, 0.3) is 12.0 Å². The minimum absolute atomic E-state index is 0.218. The van der Waals surface area contributed by atoms with E-state index in [-0.39, 0.29) is 18.1 Å². The smallest absolute Gasteiger partial charge is 0.323 e. The molecule has 2 N–H and O–H groups in total. The van der Waals surface area contributed by atoms with Crippen molar-refractivity contribution in [2.75, 3.05) is 18.4 Å². The Morgan fingerprint density at radius 3 is 2.63 bits per heavy atom. The highest BCUT2D eigenvalue weighted by atomic mass is 35.5. The number of rotatable bonds is 3. The Kier molecular flexibility index (Phi) is 8.38. The highest BCUT2D eigenvalue weighted by Crippen LogP contribution is 2.27. The summed E-state index contributed by atoms with van der Waals surface area (Å²) in [4.78, 5) is 33.9. The van der Waals surface area contributed by atoms with Crippen molar-refractivity contribution in [1.82, 2.24) is 14.7 Å². The third-order valence-electron chi connectivity index (χ3n) is 4.80. The van der Waals surface area contributed by atoms with Crippen molar-refractivity contribution in [1.29, 1.82) is 5.26 Å². The average molecular weight is 432 g/mol. The van der Waals surface area contributed by atoms with Gasteiger partial charge in [-0.15, -0.1) is 0 Å². The fraction of sp³-hybridized carbons (Fsp3) is 0.350. The summed E-state index contributed by atoms with van der Waals surface area (Å²) in [5, 5.41) is 23.2. The normalized spacial score (nSPS) is 13.6. The van der Waals surface area contributed by atoms with Crippen LogP contribution in [0.1, 0.15) is 24.0 Å². The van der Waals surface area contributed by atoms with Crippen LogP contribution < -0.4 is 10.9 Å². The molecule has 0 spiro atoms. The van der Waals surface area contributed by atoms with Crippen molar-refractivity contribution < 1.29 is 14.7 Å². The number of piperidine rings is 1. The zero-order valence-electron chi connectivity index (χ0n) is 16.4. The van der Waals surface area contributed by atoms with Gasteiger partial charge in [-0.25, -0.2) is 9.48 Å². The van der Waals surface area contributed by atoms with Gasteiger partial charge >= 0.3 is 6.03 Å². The molecule has 0 bridgehead atoms. The molecule has 10 heteroatoms. The number of aromatic nitrogens is 2. The first kappa shape index (κ1) is 22.9. The maximum atomic E-state index is 12.4. The van der Waals surface area contributed by atoms with Gasteiger partial charge in [0, 0.05) is 26.2 Å². The largest absolute Gasteiger partial charge is 0.483 e. The maximum Gasteiger partial charge on any atom is 0.323 e. The zero-order valence-corrected chi connectivity index (χ0v) is 17.2. The summed E-state index contributed by atoms with van der Waals surface area (Å²) >= 11 is 6.29. The summed E-state index contributed by atoms with van der Waals surface area (Å²) in [6, 6.07) is 10.3. The molecule has 1 saturated heterocycles. The van der Waals surface area contributed by atoms with Crippen LogP contribution >= 0.6 is 11.6 Å². The summed E-state index contributed by atoms with van der Waals surface area (Å²) in [6.07, 6.45) is 2.52. The quantitative estimate of drug-likeness (QED) is 0.718. The summed E-state index contributed by atoms with van der Waals surface area (Å²) < 4.78 is 1.18. The second kappa shape index (κ2) is 11.0. The molecule has 158 valence electrons. The second-order valence-corrected chi connectivity index (χ2v) is 7.12. The molecule has 2 heterocycles. The van der Waals surface area contributed by atoms with E-state index in [0.29, 0.717) is 35.4 Å². The predicted octanol–water partition coefficient (Wildman–Crippen LogP) is 2.49. The monoisotopic (exact) mass is 431 g/mol. The molecular weight excluding hydrogens is 410 g/mol. The highest BCUT2D eigenvalue weighted by Gasteiger charge is 2.24. The Balaban J connectivity index is 0.00000101. The van der Waals surface area contributed by atoms with Gasteiger partial charge < -0.3 is 10.0 Å². The van der Waals surface area contributed by atoms with Crippen LogP contribution in [-0.4, -0.2) is 45.4 Å². The minimum Gasteiger partial charge on any atom is -0.483 e. The number of nitrogens with one attached hydrogen (secondary N) is 1. The lowest BCUT2D eigenvalue weighted by atomic mass is 9.90. The van der Waals surface area contributed by atoms with Gasteiger partial charge in [0.05, 0.1) is 10.6 Å². The molecule has 9 nitrogen and oxygen atoms in total. The van der Waals surface area contributed by atoms with Crippen LogP contribution in [0.4, 0.5) is 10.6 Å². The Labute approximate surface area is 178 Å². The topological polar surface area (TPSA) is 128 Å². The summed E-state index contributed by atoms with van der Waals surface area (Å²) in [5.74, 6) is 0.764. The van der Waals surface area contributed by atoms with Crippen LogP contribution in [0.3, 0.4) is 0 Å². The van der Waals surface area contributed by atoms with E-state index in [1.807, 2.05) is 12.1 Å². The molecule has 3 rings (SSSR count). The van der Waals surface area contributed by atoms with Crippen LogP contribution in [-0.2, 0) is 18.3 Å². The molecule has 0 saturated carbocycles. The van der Waals surface area contributed by atoms with Crippen molar-refractivity contribution in [2.45, 2.75) is 19.3 Å². The fourth-order valence-corrected chi connectivity index (χ4v) is 3.48. The number of amides is 2. The van der Waals surface area contributed by atoms with Gasteiger partial charge in [0.15, 0.2) is 5.82 Å². The first-order valence-electron chi connectivity index (χ1n) is 9.25. The third kappa shape index (κ3) is 6.06. The molecule has 30 heavy (non-hydrogen) atoms. The molecule has 1 fully saturated rings. The molecule has 0 unspecified atom stereocenters. The van der Waals surface area contributed by atoms with Gasteiger partial charge in [0.1, 0.15) is 6.07 Å². The van der Waals surface area contributed by atoms with Crippen LogP contribution in [0.2, 0.25) is 5.02 Å². The number of carbonyl (C=O) groups is 2. The Bertz CT molecular complexity index is 993. The number of carboxylic acid groups (broad SMARTS) is 1. The number of urea groups is 1. The van der Waals surface area contributed by atoms with Crippen molar-refractivity contribution in [3.8, 4) is 6.07 Å². The van der Waals surface area contributed by atoms with E-state index in [2.05, 4.69) is 16.5 Å². The number of benzene rings is 1. The number of aryl methyl sites for hydroxylation is 1. The van der Waals surface area contributed by atoms with Crippen LogP contribution in [0.15, 0.2) is 35.1 Å². The van der Waals surface area contributed by atoms with Crippen molar-refractivity contribution in [3.05, 3.63) is 56.8 Å². The van der Waals surface area contributed by atoms with E-state index < -0.39 is 0 Å². The van der Waals surface area contributed by atoms with Gasteiger partial charge in [-0.3, -0.25) is 14.9 Å². The number of hydrogen-bond acceptors (Lipinski definition) is 5. The second-order valence-electron chi connectivity index (χ2n) is 6.74. The van der Waals surface area contributed by atoms with E-state index in [4.69, 9.17) is 26.8 Å². The number of halogens is 1. The maximum absolute atomic E-state index is 12.4. The van der Waals surface area contributed by atoms with Crippen LogP contribution in [0.5, 0.6) is 0 Å². The lowest BCUT2D eigenvalue weighted by Gasteiger charge is -2.32. The highest BCUT2D eigenvalue weighted by molar-refractivity contribution is 6.32. The number of carbonyl (C=O) groups excluding carboxylic acids is 1. The number of nitrogens with zero attached hydrogens (tertiary/aromatic N) is 4. The predicted molar refractivity (Wildman–Crippen MR) is 111 cm³/mol. The molecule has 1 aliphatic heterocycles. The first-order valence-corrected chi connectivity index (χ1v) is 9.63. The lowest BCUT2D eigenvalue weighted by Crippen LogP contribution is -2.41. The van der Waals surface area contributed by atoms with Crippen molar-refractivity contribution in [3.63, 3.8) is 0 Å². The van der Waals surface area contributed by atoms with E-state index in [1.165, 1.54) is 23.9 Å². The van der Waals surface area contributed by atoms with E-state index in [9.17, 15) is 9.59 Å². The molecule has 1 aliphatic rings. The Hall–Kier alpha value is -3.38. The van der Waals surface area contributed by atoms with Gasteiger partial charge in [-0.2, -0.15) is 10.4 Å². The number of hydrogen-bond donors (Lipinski definition) is 2. The fourth-order valence-electron chi connectivity index (χ4n) is 3.23. The molecule has 2 aromatic rings. The summed E-state index contributed by atoms with van der Waals surface area (Å²) in [6.45, 7) is 1.02. The van der Waals surface area contributed by atoms with Gasteiger partial charge in [-0.05, 0) is 42.9 Å². The van der Waals surface area contributed by atoms with Crippen LogP contribution in [0, 0.1) is 17.2 Å². The molecule has 0 aliphatic carbocycles. The Morgan fingerprint density at radius 2 is 2.03 bits per heavy atom. The van der Waals surface area contributed by atoms with Crippen LogP contribution in [0.25, 0.3) is 0 Å². The van der Waals surface area contributed by atoms with Gasteiger partial charge in [0.2, 0.25) is 0 Å². The molecular formula is C20H22ClN5O4. The number of nitriles is 1. The minimum atomic E-state index is -0.250. The standard InChI is InChI=1S/C19H20ClN5O2.CH2O2/c1-24-17(26)6-5-16(23-24)22-19(27)25-9-7-13(8-10-25)11-14-3-2-4-15(12-21)18(14)20;2-1-3/h2-6,13H,7-11H2,1H3,(H,22,23,27);1H,(H,2,3). The van der Waals surface area contributed by atoms with Gasteiger partial charge in [-0.1, -0.05) is 23.7 Å². The van der Waals surface area contributed by atoms with E-state index >= 15 is 0 Å². The molecule has 0 radical (unpaired) electrons. The van der Waals surface area contributed by atoms with Crippen molar-refractivity contribution >= 4 is 29.9 Å². The molecule has 1 aromatic heterocycles. The van der Waals surface area contributed by atoms with E-state index in [1.54, 1.807) is 11.0 Å². The first-order chi connectivity index (χ1) is 14.4. The number of anilines is 1. The molecule has 0 atom stereocenters. The molecule has 2 amide bonds. The lowest BCUT2D eigenvalue weighted by molar-refractivity contribution is -0.122. The zero-order chi connectivity index (χ0) is 22.1. The summed E-state index contributed by atoms with van der Waals surface area (Å²) in [5.41, 5.74) is 1.25. The third-order valence-corrected chi connectivity index (χ3v) is 5.25.